The summed E-state index contributed by atoms with van der Waals surface area (Å²) >= 11 is 0. The zero-order valence-electron chi connectivity index (χ0n) is 63.2. The molecule has 2 aliphatic rings. The van der Waals surface area contributed by atoms with E-state index in [1.165, 1.54) is 6.20 Å². The first-order valence-corrected chi connectivity index (χ1v) is 36.4. The molecule has 0 radical (unpaired) electrons. The lowest BCUT2D eigenvalue weighted by Gasteiger charge is -2.23. The highest BCUT2D eigenvalue weighted by atomic mass is 16.5. The molecule has 0 aliphatic carbocycles. The van der Waals surface area contributed by atoms with Crippen LogP contribution in [0, 0.1) is 25.7 Å². The molecule has 0 saturated carbocycles. The Balaban J connectivity index is 0.000000172. The van der Waals surface area contributed by atoms with Crippen LogP contribution in [0.25, 0.3) is 44.1 Å². The summed E-state index contributed by atoms with van der Waals surface area (Å²) in [7, 11) is 9.62. The Morgan fingerprint density at radius 2 is 0.883 bits per heavy atom. The predicted molar refractivity (Wildman–Crippen MR) is 427 cm³/mol. The number of fused-ring (bicyclic) bond motifs is 2. The Kier molecular flexibility index (Phi) is 25.8. The fraction of sp³-hybridized carbons (Fsp3) is 0.264. The molecule has 0 amide bonds. The van der Waals surface area contributed by atoms with Crippen LogP contribution >= 0.6 is 0 Å². The van der Waals surface area contributed by atoms with E-state index in [1.807, 2.05) is 157 Å². The van der Waals surface area contributed by atoms with Crippen molar-refractivity contribution in [1.82, 2.24) is 29.1 Å². The summed E-state index contributed by atoms with van der Waals surface area (Å²) < 4.78 is 59.8. The normalized spacial score (nSPS) is 12.8. The number of Topliss-reactive ketones (excluding diaryl/α,β-unsaturated/α-hetero) is 1. The number of carboxylic acid groups (broad SMARTS) is 1. The molecule has 572 valence electrons. The maximum atomic E-state index is 13.8. The quantitative estimate of drug-likeness (QED) is 0.0366. The molecule has 2 fully saturated rings. The Morgan fingerprint density at radius 1 is 0.477 bits per heavy atom. The number of nitrogens with zero attached hydrogens (tertiary/aromatic N) is 6. The number of carbonyl (C=O) groups excluding carboxylic acids is 1. The van der Waals surface area contributed by atoms with E-state index in [4.69, 9.17) is 63.1 Å². The molecule has 0 unspecified atom stereocenters. The van der Waals surface area contributed by atoms with E-state index in [9.17, 15) is 24.3 Å². The molecule has 111 heavy (non-hydrogen) atoms. The molecule has 0 bridgehead atoms. The van der Waals surface area contributed by atoms with Crippen LogP contribution in [0.4, 0.5) is 17.5 Å². The lowest BCUT2D eigenvalue weighted by atomic mass is 9.98. The third kappa shape index (κ3) is 20.1. The summed E-state index contributed by atoms with van der Waals surface area (Å²) in [4.78, 5) is 69.9. The topological polar surface area (TPSA) is 292 Å². The molecule has 14 rings (SSSR count). The van der Waals surface area contributed by atoms with Crippen LogP contribution < -0.4 is 65.1 Å². The van der Waals surface area contributed by atoms with Gasteiger partial charge in [0.1, 0.15) is 57.5 Å². The lowest BCUT2D eigenvalue weighted by Crippen LogP contribution is -2.25. The van der Waals surface area contributed by atoms with Crippen LogP contribution in [0.15, 0.2) is 204 Å². The Labute approximate surface area is 642 Å². The second kappa shape index (κ2) is 36.9. The molecule has 6 aromatic heterocycles. The number of ketones is 1. The van der Waals surface area contributed by atoms with E-state index in [0.29, 0.717) is 135 Å². The largest absolute Gasteiger partial charge is 0.497 e. The van der Waals surface area contributed by atoms with Crippen molar-refractivity contribution in [2.45, 2.75) is 72.1 Å². The lowest BCUT2D eigenvalue weighted by molar-refractivity contribution is 0.0609. The van der Waals surface area contributed by atoms with Gasteiger partial charge in [-0.05, 0) is 134 Å². The Hall–Kier alpha value is -12.8. The summed E-state index contributed by atoms with van der Waals surface area (Å²) in [5.74, 6) is 6.99. The molecule has 2 saturated heterocycles. The number of hydrogen-bond acceptors (Lipinski definition) is 21. The maximum Gasteiger partial charge on any atom is 0.341 e. The fourth-order valence-electron chi connectivity index (χ4n) is 13.0. The summed E-state index contributed by atoms with van der Waals surface area (Å²) in [5, 5.41) is 17.6. The number of hydrogen-bond donors (Lipinski definition) is 4. The first-order valence-electron chi connectivity index (χ1n) is 36.4. The monoisotopic (exact) mass is 1500 g/mol. The van der Waals surface area contributed by atoms with Gasteiger partial charge in [0.15, 0.2) is 34.2 Å². The number of nitrogen functional groups attached to an aromatic ring is 1. The Morgan fingerprint density at radius 3 is 1.28 bits per heavy atom. The van der Waals surface area contributed by atoms with Gasteiger partial charge in [0.2, 0.25) is 5.43 Å². The van der Waals surface area contributed by atoms with E-state index in [0.717, 1.165) is 102 Å². The number of methoxy groups -OCH3 is 6. The third-order valence-corrected chi connectivity index (χ3v) is 19.2. The Bertz CT molecular complexity index is 5320. The van der Waals surface area contributed by atoms with Crippen LogP contribution in [-0.2, 0) is 42.1 Å². The molecule has 24 nitrogen and oxygen atoms in total. The molecule has 12 aromatic rings. The highest BCUT2D eigenvalue weighted by Crippen LogP contribution is 2.41. The highest BCUT2D eigenvalue weighted by Gasteiger charge is 2.24. The van der Waals surface area contributed by atoms with Crippen molar-refractivity contribution >= 4 is 51.0 Å². The number of rotatable bonds is 26. The second-order valence-corrected chi connectivity index (χ2v) is 26.9. The van der Waals surface area contributed by atoms with Gasteiger partial charge in [-0.2, -0.15) is 0 Å². The molecular weight excluding hydrogens is 1410 g/mol. The summed E-state index contributed by atoms with van der Waals surface area (Å²) in [6.07, 6.45) is 13.7. The minimum atomic E-state index is -1.19. The maximum absolute atomic E-state index is 13.8. The third-order valence-electron chi connectivity index (χ3n) is 19.2. The molecule has 24 heteroatoms. The number of pyridine rings is 6. The predicted octanol–water partition coefficient (Wildman–Crippen LogP) is 15.6. The molecule has 5 N–H and O–H groups in total. The average Bonchev–Trinajstić information content (AvgIpc) is 0.789. The minimum absolute atomic E-state index is 0.0429. The molecule has 6 aromatic carbocycles. The molecule has 8 heterocycles. The number of aromatic nitrogens is 6. The number of nitrogens with one attached hydrogen (secondary N) is 2. The number of aromatic carboxylic acids is 1. The van der Waals surface area contributed by atoms with E-state index < -0.39 is 11.4 Å². The smallest absolute Gasteiger partial charge is 0.341 e. The van der Waals surface area contributed by atoms with Gasteiger partial charge < -0.3 is 78.0 Å². The van der Waals surface area contributed by atoms with Gasteiger partial charge in [-0.15, -0.1) is 0 Å². The van der Waals surface area contributed by atoms with Crippen LogP contribution in [0.1, 0.15) is 74.3 Å². The van der Waals surface area contributed by atoms with Crippen LogP contribution in [-0.4, -0.2) is 115 Å². The zero-order chi connectivity index (χ0) is 77.9. The van der Waals surface area contributed by atoms with Gasteiger partial charge in [-0.3, -0.25) is 19.4 Å². The van der Waals surface area contributed by atoms with Crippen LogP contribution in [0.5, 0.6) is 57.5 Å². The number of benzene rings is 6. The first-order chi connectivity index (χ1) is 53.9. The van der Waals surface area contributed by atoms with Crippen molar-refractivity contribution in [3.05, 3.63) is 254 Å². The number of anilines is 3. The summed E-state index contributed by atoms with van der Waals surface area (Å²) in [6, 6.07) is 48.9. The molecule has 0 atom stereocenters. The van der Waals surface area contributed by atoms with E-state index >= 15 is 0 Å². The van der Waals surface area contributed by atoms with Crippen molar-refractivity contribution in [3.63, 3.8) is 0 Å². The number of nitrogens with two attached hydrogens (primary N) is 1. The van der Waals surface area contributed by atoms with Gasteiger partial charge in [0.25, 0.3) is 0 Å². The van der Waals surface area contributed by atoms with Gasteiger partial charge in [0, 0.05) is 129 Å². The van der Waals surface area contributed by atoms with Crippen molar-refractivity contribution in [3.8, 4) is 79.7 Å². The first kappa shape index (κ1) is 77.8. The van der Waals surface area contributed by atoms with E-state index in [2.05, 4.69) is 20.6 Å². The number of aryl methyl sites for hydroxylation is 2. The zero-order valence-corrected chi connectivity index (χ0v) is 63.2. The number of carbonyl (C=O) groups is 2. The standard InChI is InChI=1S/C44H44N4O7.C24H24N4O4.C19H21NO4/c1-28-5-9-31(10-6-28)36-26-48(25-30-15-17-54-18-16-30)27-37(44(36)50)39(49)19-32-11-14-34(24-45-32)55-40-22-43(46-23-29-7-12-33(51-2)13-8-29)47-38-21-42(53-4)41(52-3)20-35(38)40;1-29-16-6-4-15(5-7-16)13-27-24-12-20(32-17-8-9-23(25)26-14-17)18-10-21(30-2)22(31-3)11-19(18)28-24;1-13-2-4-15(5-3-13)16-11-20(10-14-6-8-24-9-7-14)12-17(18(16)21)19(22)23/h5-14,20-22,24,26-27,30H,15-19,23,25H2,1-4H3,(H,46,47);4-12,14H,13H2,1-3H3,(H2,25,26)(H,27,28);2-5,11-12,14H,6-10H2,1H3,(H,22,23). The number of carboxylic acids is 1. The van der Waals surface area contributed by atoms with Crippen molar-refractivity contribution in [1.29, 1.82) is 0 Å². The molecule has 0 spiro atoms. The fourth-order valence-corrected chi connectivity index (χ4v) is 13.0. The highest BCUT2D eigenvalue weighted by molar-refractivity contribution is 5.98. The van der Waals surface area contributed by atoms with Crippen molar-refractivity contribution in [2.75, 3.05) is 85.5 Å². The van der Waals surface area contributed by atoms with Crippen LogP contribution in [0.2, 0.25) is 0 Å². The van der Waals surface area contributed by atoms with Crippen LogP contribution in [0.3, 0.4) is 0 Å². The summed E-state index contributed by atoms with van der Waals surface area (Å²) in [6.45, 7) is 9.39. The van der Waals surface area contributed by atoms with Gasteiger partial charge >= 0.3 is 5.97 Å². The SMILES string of the molecule is COc1ccc(CNc2cc(Oc3ccc(CC(=O)c4cn(CC5CCOCC5)cc(-c5ccc(C)cc5)c4=O)nc3)c3cc(OC)c(OC)cc3n2)cc1.COc1ccc(CNc2cc(Oc3ccc(N)nc3)c3cc(OC)c(OC)cc3n2)cc1.Cc1ccc(-c2cn(CC3CCOCC3)cc(C(=O)O)c2=O)cc1. The van der Waals surface area contributed by atoms with Gasteiger partial charge in [-0.25, -0.2) is 19.7 Å². The van der Waals surface area contributed by atoms with E-state index in [-0.39, 0.29) is 28.8 Å². The average molecular weight is 1500 g/mol. The number of ether oxygens (including phenoxy) is 10. The van der Waals surface area contributed by atoms with Gasteiger partial charge in [-0.1, -0.05) is 83.9 Å². The van der Waals surface area contributed by atoms with E-state index in [1.54, 1.807) is 97.8 Å². The van der Waals surface area contributed by atoms with Gasteiger partial charge in [0.05, 0.1) is 78.1 Å². The second-order valence-electron chi connectivity index (χ2n) is 26.9. The molecule has 2 aliphatic heterocycles. The van der Waals surface area contributed by atoms with Crippen molar-refractivity contribution < 1.29 is 62.1 Å². The van der Waals surface area contributed by atoms with Crippen molar-refractivity contribution in [2.24, 2.45) is 11.8 Å². The minimum Gasteiger partial charge on any atom is -0.497 e. The molecular formula is C87H89N9O15. The summed E-state index contributed by atoms with van der Waals surface area (Å²) in [5.41, 5.74) is 13.6.